The maximum Gasteiger partial charge on any atom is 0.326 e. The minimum absolute atomic E-state index is 0.00887. The molecule has 0 bridgehead atoms. The van der Waals surface area contributed by atoms with E-state index < -0.39 is 66.3 Å². The van der Waals surface area contributed by atoms with Crippen molar-refractivity contribution in [1.29, 1.82) is 0 Å². The predicted molar refractivity (Wildman–Crippen MR) is 102 cm³/mol. The normalized spacial score (nSPS) is 16.1. The SMILES string of the molecule is CC(C)CC(NC(=O)C(C)NC(=O)C(CC(N)=O)NC(=O)C(N)C(C)O)C(=O)O. The van der Waals surface area contributed by atoms with Crippen LogP contribution in [0.25, 0.3) is 0 Å². The van der Waals surface area contributed by atoms with Gasteiger partial charge in [-0.15, -0.1) is 0 Å². The molecular weight excluding hydrogens is 386 g/mol. The molecule has 0 saturated carbocycles. The summed E-state index contributed by atoms with van der Waals surface area (Å²) in [5.74, 6) is -4.63. The second kappa shape index (κ2) is 12.0. The Kier molecular flexibility index (Phi) is 10.8. The molecule has 0 saturated heterocycles. The first-order chi connectivity index (χ1) is 13.3. The third kappa shape index (κ3) is 9.85. The van der Waals surface area contributed by atoms with Crippen LogP contribution in [0, 0.1) is 5.92 Å². The Labute approximate surface area is 168 Å². The fraction of sp³-hybridized carbons (Fsp3) is 0.706. The largest absolute Gasteiger partial charge is 0.480 e. The van der Waals surface area contributed by atoms with E-state index in [-0.39, 0.29) is 12.3 Å². The highest BCUT2D eigenvalue weighted by Crippen LogP contribution is 2.05. The van der Waals surface area contributed by atoms with Gasteiger partial charge in [-0.1, -0.05) is 13.8 Å². The molecule has 0 heterocycles. The van der Waals surface area contributed by atoms with Crippen molar-refractivity contribution in [2.24, 2.45) is 17.4 Å². The number of nitrogens with one attached hydrogen (secondary N) is 3. The van der Waals surface area contributed by atoms with E-state index in [4.69, 9.17) is 11.5 Å². The van der Waals surface area contributed by atoms with Gasteiger partial charge in [-0.05, 0) is 26.2 Å². The number of aliphatic hydroxyl groups excluding tert-OH is 1. The lowest BCUT2D eigenvalue weighted by atomic mass is 10.0. The second-order valence-corrected chi connectivity index (χ2v) is 7.26. The molecule has 0 radical (unpaired) electrons. The van der Waals surface area contributed by atoms with Gasteiger partial charge < -0.3 is 37.6 Å². The number of carbonyl (C=O) groups excluding carboxylic acids is 4. The Morgan fingerprint density at radius 2 is 1.38 bits per heavy atom. The molecule has 0 aliphatic carbocycles. The summed E-state index contributed by atoms with van der Waals surface area (Å²) in [6, 6.07) is -5.06. The molecule has 0 fully saturated rings. The minimum atomic E-state index is -1.43. The molecule has 0 aliphatic heterocycles. The maximum absolute atomic E-state index is 12.4. The third-order valence-corrected chi connectivity index (χ3v) is 3.93. The van der Waals surface area contributed by atoms with Crippen molar-refractivity contribution in [2.45, 2.75) is 70.8 Å². The van der Waals surface area contributed by atoms with Crippen molar-refractivity contribution >= 4 is 29.6 Å². The number of primary amides is 1. The lowest BCUT2D eigenvalue weighted by molar-refractivity contribution is -0.142. The molecule has 0 aromatic rings. The summed E-state index contributed by atoms with van der Waals surface area (Å²) in [6.07, 6.45) is -1.58. The summed E-state index contributed by atoms with van der Waals surface area (Å²) in [5.41, 5.74) is 10.6. The topological polar surface area (TPSA) is 214 Å². The van der Waals surface area contributed by atoms with E-state index in [2.05, 4.69) is 16.0 Å². The molecule has 0 aromatic heterocycles. The molecule has 9 N–H and O–H groups in total. The van der Waals surface area contributed by atoms with E-state index in [9.17, 15) is 34.2 Å². The summed E-state index contributed by atoms with van der Waals surface area (Å²) in [7, 11) is 0. The number of amides is 4. The molecule has 166 valence electrons. The lowest BCUT2D eigenvalue weighted by Crippen LogP contribution is -2.58. The number of aliphatic hydroxyl groups is 1. The number of nitrogens with two attached hydrogens (primary N) is 2. The smallest absolute Gasteiger partial charge is 0.326 e. The van der Waals surface area contributed by atoms with Crippen LogP contribution in [-0.4, -0.2) is 70.1 Å². The Morgan fingerprint density at radius 3 is 1.79 bits per heavy atom. The molecule has 5 unspecified atom stereocenters. The molecular formula is C17H31N5O7. The van der Waals surface area contributed by atoms with Crippen LogP contribution in [0.5, 0.6) is 0 Å². The van der Waals surface area contributed by atoms with Crippen molar-refractivity contribution in [1.82, 2.24) is 16.0 Å². The van der Waals surface area contributed by atoms with Crippen LogP contribution < -0.4 is 27.4 Å². The number of carbonyl (C=O) groups is 5. The number of aliphatic carboxylic acids is 1. The molecule has 0 aliphatic rings. The number of rotatable bonds is 12. The third-order valence-electron chi connectivity index (χ3n) is 3.93. The van der Waals surface area contributed by atoms with E-state index >= 15 is 0 Å². The lowest BCUT2D eigenvalue weighted by Gasteiger charge is -2.23. The van der Waals surface area contributed by atoms with Gasteiger partial charge in [0.05, 0.1) is 12.5 Å². The number of hydrogen-bond acceptors (Lipinski definition) is 7. The van der Waals surface area contributed by atoms with Crippen molar-refractivity contribution in [3.63, 3.8) is 0 Å². The molecule has 12 heteroatoms. The zero-order valence-corrected chi connectivity index (χ0v) is 17.0. The van der Waals surface area contributed by atoms with Crippen molar-refractivity contribution in [2.75, 3.05) is 0 Å². The highest BCUT2D eigenvalue weighted by Gasteiger charge is 2.30. The van der Waals surface area contributed by atoms with Gasteiger partial charge in [0.2, 0.25) is 23.6 Å². The average molecular weight is 417 g/mol. The predicted octanol–water partition coefficient (Wildman–Crippen LogP) is -2.83. The molecule has 0 rings (SSSR count). The van der Waals surface area contributed by atoms with E-state index in [0.29, 0.717) is 0 Å². The highest BCUT2D eigenvalue weighted by molar-refractivity contribution is 5.96. The summed E-state index contributed by atoms with van der Waals surface area (Å²) in [4.78, 5) is 59.0. The van der Waals surface area contributed by atoms with Crippen LogP contribution in [0.15, 0.2) is 0 Å². The van der Waals surface area contributed by atoms with Crippen molar-refractivity contribution < 1.29 is 34.2 Å². The van der Waals surface area contributed by atoms with Gasteiger partial charge in [0.1, 0.15) is 24.2 Å². The van der Waals surface area contributed by atoms with Gasteiger partial charge in [-0.25, -0.2) is 4.79 Å². The Hall–Kier alpha value is -2.73. The van der Waals surface area contributed by atoms with Gasteiger partial charge in [-0.2, -0.15) is 0 Å². The minimum Gasteiger partial charge on any atom is -0.480 e. The Morgan fingerprint density at radius 1 is 0.862 bits per heavy atom. The van der Waals surface area contributed by atoms with Gasteiger partial charge in [0, 0.05) is 0 Å². The van der Waals surface area contributed by atoms with Crippen LogP contribution in [0.2, 0.25) is 0 Å². The molecule has 0 aromatic carbocycles. The molecule has 29 heavy (non-hydrogen) atoms. The monoisotopic (exact) mass is 417 g/mol. The van der Waals surface area contributed by atoms with Gasteiger partial charge in [-0.3, -0.25) is 19.2 Å². The van der Waals surface area contributed by atoms with E-state index in [1.165, 1.54) is 13.8 Å². The summed E-state index contributed by atoms with van der Waals surface area (Å²) < 4.78 is 0. The quantitative estimate of drug-likeness (QED) is 0.175. The molecule has 0 spiro atoms. The molecule has 12 nitrogen and oxygen atoms in total. The average Bonchev–Trinajstić information content (AvgIpc) is 2.58. The zero-order chi connectivity index (χ0) is 22.9. The first kappa shape index (κ1) is 26.3. The summed E-state index contributed by atoms with van der Waals surface area (Å²) in [6.45, 7) is 6.17. The fourth-order valence-electron chi connectivity index (χ4n) is 2.27. The van der Waals surface area contributed by atoms with E-state index in [0.717, 1.165) is 0 Å². The first-order valence-corrected chi connectivity index (χ1v) is 9.12. The molecule has 5 atom stereocenters. The fourth-order valence-corrected chi connectivity index (χ4v) is 2.27. The van der Waals surface area contributed by atoms with Gasteiger partial charge in [0.15, 0.2) is 0 Å². The molecule has 4 amide bonds. The van der Waals surface area contributed by atoms with Crippen molar-refractivity contribution in [3.8, 4) is 0 Å². The van der Waals surface area contributed by atoms with E-state index in [1.54, 1.807) is 13.8 Å². The number of carboxylic acid groups (broad SMARTS) is 1. The standard InChI is InChI=1S/C17H31N5O7/c1-7(2)5-11(17(28)29)22-14(25)8(3)20-15(26)10(6-12(18)24)21-16(27)13(19)9(4)23/h7-11,13,23H,5-6,19H2,1-4H3,(H2,18,24)(H,20,26)(H,21,27)(H,22,25)(H,28,29). The van der Waals surface area contributed by atoms with Crippen LogP contribution in [0.1, 0.15) is 40.5 Å². The number of hydrogen-bond donors (Lipinski definition) is 7. The van der Waals surface area contributed by atoms with Crippen LogP contribution in [0.4, 0.5) is 0 Å². The second-order valence-electron chi connectivity index (χ2n) is 7.26. The van der Waals surface area contributed by atoms with Crippen LogP contribution in [-0.2, 0) is 24.0 Å². The maximum atomic E-state index is 12.4. The number of carboxylic acids is 1. The first-order valence-electron chi connectivity index (χ1n) is 9.12. The summed E-state index contributed by atoms with van der Waals surface area (Å²) in [5, 5.41) is 25.3. The van der Waals surface area contributed by atoms with Crippen LogP contribution in [0.3, 0.4) is 0 Å². The van der Waals surface area contributed by atoms with E-state index in [1.807, 2.05) is 0 Å². The zero-order valence-electron chi connectivity index (χ0n) is 17.0. The summed E-state index contributed by atoms with van der Waals surface area (Å²) >= 11 is 0. The highest BCUT2D eigenvalue weighted by atomic mass is 16.4. The van der Waals surface area contributed by atoms with Gasteiger partial charge in [0.25, 0.3) is 0 Å². The Bertz CT molecular complexity index is 623. The Balaban J connectivity index is 5.09. The van der Waals surface area contributed by atoms with Crippen LogP contribution >= 0.6 is 0 Å². The van der Waals surface area contributed by atoms with Gasteiger partial charge >= 0.3 is 5.97 Å². The van der Waals surface area contributed by atoms with Crippen molar-refractivity contribution in [3.05, 3.63) is 0 Å².